The first-order chi connectivity index (χ1) is 15.0. The molecule has 1 aliphatic rings. The van der Waals surface area contributed by atoms with E-state index in [1.807, 2.05) is 36.2 Å². The normalized spacial score (nSPS) is 15.2. The second kappa shape index (κ2) is 9.43. The maximum absolute atomic E-state index is 12.9. The number of carbonyl (C=O) groups excluding carboxylic acids is 1. The summed E-state index contributed by atoms with van der Waals surface area (Å²) < 4.78 is 5.46. The highest BCUT2D eigenvalue weighted by atomic mass is 16.5. The van der Waals surface area contributed by atoms with E-state index < -0.39 is 0 Å². The summed E-state index contributed by atoms with van der Waals surface area (Å²) in [4.78, 5) is 21.6. The molecule has 1 aliphatic heterocycles. The molecule has 1 amide bonds. The van der Waals surface area contributed by atoms with Gasteiger partial charge < -0.3 is 9.42 Å². The van der Waals surface area contributed by atoms with Gasteiger partial charge in [0, 0.05) is 25.1 Å². The molecule has 162 valence electrons. The van der Waals surface area contributed by atoms with Gasteiger partial charge in [-0.2, -0.15) is 4.98 Å². The fourth-order valence-corrected chi connectivity index (χ4v) is 4.03. The second-order valence-electron chi connectivity index (χ2n) is 8.61. The molecule has 2 heterocycles. The molecule has 0 N–H and O–H groups in total. The summed E-state index contributed by atoms with van der Waals surface area (Å²) in [5, 5.41) is 4.12. The van der Waals surface area contributed by atoms with Crippen LogP contribution in [0.2, 0.25) is 0 Å². The summed E-state index contributed by atoms with van der Waals surface area (Å²) in [5.41, 5.74) is 4.56. The molecule has 6 nitrogen and oxygen atoms in total. The molecule has 0 atom stereocenters. The predicted molar refractivity (Wildman–Crippen MR) is 120 cm³/mol. The fraction of sp³-hybridized carbons (Fsp3) is 0.400. The molecule has 6 heteroatoms. The number of benzene rings is 2. The third-order valence-corrected chi connectivity index (χ3v) is 5.99. The largest absolute Gasteiger partial charge is 0.341 e. The third-order valence-electron chi connectivity index (χ3n) is 5.99. The lowest BCUT2D eigenvalue weighted by Gasteiger charge is -2.32. The minimum atomic E-state index is 0.0810. The van der Waals surface area contributed by atoms with Crippen molar-refractivity contribution in [3.05, 3.63) is 71.1 Å². The fourth-order valence-electron chi connectivity index (χ4n) is 4.03. The summed E-state index contributed by atoms with van der Waals surface area (Å²) in [6.07, 6.45) is 1.71. The van der Waals surface area contributed by atoms with Crippen molar-refractivity contribution in [2.24, 2.45) is 5.92 Å². The number of rotatable bonds is 6. The van der Waals surface area contributed by atoms with E-state index in [4.69, 9.17) is 4.52 Å². The van der Waals surface area contributed by atoms with E-state index in [-0.39, 0.29) is 11.8 Å². The highest BCUT2D eigenvalue weighted by molar-refractivity contribution is 5.78. The molecule has 0 spiro atoms. The van der Waals surface area contributed by atoms with Crippen LogP contribution in [0.4, 0.5) is 0 Å². The van der Waals surface area contributed by atoms with Crippen LogP contribution in [0.3, 0.4) is 0 Å². The van der Waals surface area contributed by atoms with Crippen LogP contribution < -0.4 is 0 Å². The quantitative estimate of drug-likeness (QED) is 0.600. The minimum absolute atomic E-state index is 0.0810. The molecular formula is C25H30N4O2. The summed E-state index contributed by atoms with van der Waals surface area (Å²) in [5.74, 6) is 1.56. The average Bonchev–Trinajstić information content (AvgIpc) is 3.24. The molecule has 1 saturated heterocycles. The average molecular weight is 419 g/mol. The molecule has 0 radical (unpaired) electrons. The Labute approximate surface area is 183 Å². The van der Waals surface area contributed by atoms with Crippen molar-refractivity contribution >= 4 is 5.91 Å². The zero-order valence-corrected chi connectivity index (χ0v) is 18.5. The SMILES string of the molecule is Cc1ccc(CN(C)C(=O)C2CCN(Cc3nc(-c4ccc(C)cc4)no3)CC2)cc1. The van der Waals surface area contributed by atoms with Crippen LogP contribution in [-0.2, 0) is 17.9 Å². The lowest BCUT2D eigenvalue weighted by Crippen LogP contribution is -2.40. The first kappa shape index (κ1) is 21.2. The van der Waals surface area contributed by atoms with Crippen LogP contribution in [0.25, 0.3) is 11.4 Å². The topological polar surface area (TPSA) is 62.5 Å². The van der Waals surface area contributed by atoms with Gasteiger partial charge >= 0.3 is 0 Å². The van der Waals surface area contributed by atoms with E-state index in [0.29, 0.717) is 24.8 Å². The van der Waals surface area contributed by atoms with E-state index in [1.54, 1.807) is 0 Å². The zero-order valence-electron chi connectivity index (χ0n) is 18.5. The molecular weight excluding hydrogens is 388 g/mol. The van der Waals surface area contributed by atoms with E-state index in [0.717, 1.165) is 31.5 Å². The standard InChI is InChI=1S/C25H30N4O2/c1-18-4-8-20(9-5-18)16-28(3)25(30)22-12-14-29(15-13-22)17-23-26-24(27-31-23)21-10-6-19(2)7-11-21/h4-11,22H,12-17H2,1-3H3. The Kier molecular flexibility index (Phi) is 6.47. The van der Waals surface area contributed by atoms with Gasteiger partial charge in [0.15, 0.2) is 0 Å². The molecule has 1 aromatic heterocycles. The number of hydrogen-bond acceptors (Lipinski definition) is 5. The van der Waals surface area contributed by atoms with Crippen LogP contribution in [0, 0.1) is 19.8 Å². The number of piperidine rings is 1. The molecule has 1 fully saturated rings. The summed E-state index contributed by atoms with van der Waals surface area (Å²) in [6, 6.07) is 16.5. The summed E-state index contributed by atoms with van der Waals surface area (Å²) >= 11 is 0. The van der Waals surface area contributed by atoms with E-state index >= 15 is 0 Å². The Balaban J connectivity index is 1.27. The van der Waals surface area contributed by atoms with Crippen LogP contribution >= 0.6 is 0 Å². The van der Waals surface area contributed by atoms with E-state index in [2.05, 4.69) is 53.2 Å². The Morgan fingerprint density at radius 1 is 1.03 bits per heavy atom. The molecule has 0 saturated carbocycles. The van der Waals surface area contributed by atoms with Gasteiger partial charge in [0.2, 0.25) is 17.6 Å². The smallest absolute Gasteiger partial charge is 0.241 e. The van der Waals surface area contributed by atoms with Crippen molar-refractivity contribution in [1.29, 1.82) is 0 Å². The Morgan fingerprint density at radius 2 is 1.65 bits per heavy atom. The first-order valence-corrected chi connectivity index (χ1v) is 10.9. The van der Waals surface area contributed by atoms with Crippen LogP contribution in [-0.4, -0.2) is 46.0 Å². The van der Waals surface area contributed by atoms with Gasteiger partial charge in [-0.05, 0) is 45.3 Å². The van der Waals surface area contributed by atoms with Crippen molar-refractivity contribution in [3.8, 4) is 11.4 Å². The van der Waals surface area contributed by atoms with Gasteiger partial charge in [-0.3, -0.25) is 9.69 Å². The van der Waals surface area contributed by atoms with Gasteiger partial charge in [-0.25, -0.2) is 0 Å². The van der Waals surface area contributed by atoms with E-state index in [1.165, 1.54) is 16.7 Å². The number of carbonyl (C=O) groups is 1. The molecule has 0 aliphatic carbocycles. The summed E-state index contributed by atoms with van der Waals surface area (Å²) in [7, 11) is 1.90. The number of aromatic nitrogens is 2. The van der Waals surface area contributed by atoms with Gasteiger partial charge in [0.05, 0.1) is 6.54 Å². The highest BCUT2D eigenvalue weighted by Crippen LogP contribution is 2.22. The van der Waals surface area contributed by atoms with Gasteiger partial charge in [-0.1, -0.05) is 64.8 Å². The van der Waals surface area contributed by atoms with Crippen LogP contribution in [0.5, 0.6) is 0 Å². The molecule has 0 bridgehead atoms. The van der Waals surface area contributed by atoms with Crippen LogP contribution in [0.15, 0.2) is 53.1 Å². The van der Waals surface area contributed by atoms with Gasteiger partial charge in [0.25, 0.3) is 0 Å². The minimum Gasteiger partial charge on any atom is -0.341 e. The van der Waals surface area contributed by atoms with E-state index in [9.17, 15) is 4.79 Å². The van der Waals surface area contributed by atoms with Crippen molar-refractivity contribution in [3.63, 3.8) is 0 Å². The maximum Gasteiger partial charge on any atom is 0.241 e. The first-order valence-electron chi connectivity index (χ1n) is 10.9. The molecule has 3 aromatic rings. The highest BCUT2D eigenvalue weighted by Gasteiger charge is 2.28. The lowest BCUT2D eigenvalue weighted by atomic mass is 9.95. The Morgan fingerprint density at radius 3 is 2.29 bits per heavy atom. The lowest BCUT2D eigenvalue weighted by molar-refractivity contribution is -0.136. The number of nitrogens with zero attached hydrogens (tertiary/aromatic N) is 4. The predicted octanol–water partition coefficient (Wildman–Crippen LogP) is 4.22. The second-order valence-corrected chi connectivity index (χ2v) is 8.61. The molecule has 2 aromatic carbocycles. The van der Waals surface area contributed by atoms with Gasteiger partial charge in [0.1, 0.15) is 0 Å². The monoisotopic (exact) mass is 418 g/mol. The molecule has 4 rings (SSSR count). The number of aryl methyl sites for hydroxylation is 2. The molecule has 0 unspecified atom stereocenters. The number of likely N-dealkylation sites (tertiary alicyclic amines) is 1. The summed E-state index contributed by atoms with van der Waals surface area (Å²) in [6.45, 7) is 7.13. The Bertz CT molecular complexity index is 1000. The van der Waals surface area contributed by atoms with Gasteiger partial charge in [-0.15, -0.1) is 0 Å². The zero-order chi connectivity index (χ0) is 21.8. The van der Waals surface area contributed by atoms with Crippen molar-refractivity contribution in [2.45, 2.75) is 39.8 Å². The van der Waals surface area contributed by atoms with Crippen molar-refractivity contribution in [1.82, 2.24) is 19.9 Å². The molecule has 31 heavy (non-hydrogen) atoms. The van der Waals surface area contributed by atoms with Crippen molar-refractivity contribution < 1.29 is 9.32 Å². The third kappa shape index (κ3) is 5.39. The Hall–Kier alpha value is -2.99. The maximum atomic E-state index is 12.9. The number of amides is 1. The van der Waals surface area contributed by atoms with Crippen LogP contribution in [0.1, 0.15) is 35.4 Å². The number of hydrogen-bond donors (Lipinski definition) is 0. The van der Waals surface area contributed by atoms with Crippen molar-refractivity contribution in [2.75, 3.05) is 20.1 Å².